The van der Waals surface area contributed by atoms with Gasteiger partial charge in [-0.1, -0.05) is 60.7 Å². The van der Waals surface area contributed by atoms with E-state index in [9.17, 15) is 19.1 Å². The predicted octanol–water partition coefficient (Wildman–Crippen LogP) is 3.77. The number of hydrogen-bond donors (Lipinski definition) is 2. The van der Waals surface area contributed by atoms with Crippen LogP contribution in [0.1, 0.15) is 16.7 Å². The molecule has 29 heavy (non-hydrogen) atoms. The Bertz CT molecular complexity index is 1010. The normalized spacial score (nSPS) is 11.4. The minimum absolute atomic E-state index is 0.0456. The zero-order chi connectivity index (χ0) is 20.9. The van der Waals surface area contributed by atoms with Gasteiger partial charge < -0.3 is 14.9 Å². The second kappa shape index (κ2) is 8.50. The third-order valence-electron chi connectivity index (χ3n) is 4.26. The number of ether oxygens (including phenoxy) is 1. The van der Waals surface area contributed by atoms with Gasteiger partial charge in [0, 0.05) is 11.6 Å². The van der Waals surface area contributed by atoms with Crippen LogP contribution in [0.5, 0.6) is 5.75 Å². The van der Waals surface area contributed by atoms with Crippen molar-refractivity contribution in [3.8, 4) is 5.75 Å². The molecule has 0 aromatic heterocycles. The summed E-state index contributed by atoms with van der Waals surface area (Å²) < 4.78 is 19.0. The Kier molecular flexibility index (Phi) is 5.85. The molecular weight excluding hydrogens is 375 g/mol. The van der Waals surface area contributed by atoms with E-state index in [0.29, 0.717) is 11.1 Å². The predicted molar refractivity (Wildman–Crippen MR) is 105 cm³/mol. The van der Waals surface area contributed by atoms with Crippen LogP contribution in [0.2, 0.25) is 0 Å². The van der Waals surface area contributed by atoms with Gasteiger partial charge in [0.1, 0.15) is 11.6 Å². The van der Waals surface area contributed by atoms with Gasteiger partial charge in [-0.25, -0.2) is 14.0 Å². The maximum absolute atomic E-state index is 13.6. The van der Waals surface area contributed by atoms with Gasteiger partial charge in [0.2, 0.25) is 5.60 Å². The quantitative estimate of drug-likeness (QED) is 0.379. The average Bonchev–Trinajstić information content (AvgIpc) is 2.74. The van der Waals surface area contributed by atoms with Crippen LogP contribution in [0.3, 0.4) is 0 Å². The minimum Gasteiger partial charge on any atom is -0.478 e. The fraction of sp³-hybridized carbons (Fsp3) is 0.0435. The molecule has 0 heterocycles. The Hall–Kier alpha value is -3.77. The van der Waals surface area contributed by atoms with Gasteiger partial charge in [-0.2, -0.15) is 0 Å². The molecule has 0 aliphatic rings. The van der Waals surface area contributed by atoms with Gasteiger partial charge in [0.25, 0.3) is 0 Å². The molecule has 2 N–H and O–H groups in total. The number of rotatable bonds is 6. The number of benzene rings is 3. The lowest BCUT2D eigenvalue weighted by Crippen LogP contribution is -2.40. The van der Waals surface area contributed by atoms with E-state index in [0.717, 1.165) is 24.3 Å². The van der Waals surface area contributed by atoms with Crippen molar-refractivity contribution in [3.63, 3.8) is 0 Å². The maximum Gasteiger partial charge on any atom is 0.353 e. The molecule has 0 radical (unpaired) electrons. The van der Waals surface area contributed by atoms with E-state index in [2.05, 4.69) is 0 Å². The average molecular weight is 392 g/mol. The number of hydrogen-bond acceptors (Lipinski definition) is 4. The molecule has 5 nitrogen and oxygen atoms in total. The van der Waals surface area contributed by atoms with Crippen LogP contribution in [-0.2, 0) is 15.2 Å². The Morgan fingerprint density at radius 3 is 1.97 bits per heavy atom. The Balaban J connectivity index is 2.04. The number of esters is 1. The Morgan fingerprint density at radius 2 is 1.45 bits per heavy atom. The summed E-state index contributed by atoms with van der Waals surface area (Å²) in [7, 11) is 0. The molecule has 3 aromatic carbocycles. The first kappa shape index (κ1) is 20.0. The maximum atomic E-state index is 13.6. The summed E-state index contributed by atoms with van der Waals surface area (Å²) in [4.78, 5) is 23.9. The number of halogens is 1. The molecule has 0 spiro atoms. The smallest absolute Gasteiger partial charge is 0.353 e. The summed E-state index contributed by atoms with van der Waals surface area (Å²) in [5, 5.41) is 20.2. The standard InChI is InChI=1S/C23H17FO5/c24-19-12-13-20(16(15-19)11-14-21(25)26)29-22(27)23(28,17-7-3-1-4-8-17)18-9-5-2-6-10-18/h1-15,28H,(H,25,26)/b14-11+. The SMILES string of the molecule is O=C(O)/C=C/c1cc(F)ccc1OC(=O)C(O)(c1ccccc1)c1ccccc1. The summed E-state index contributed by atoms with van der Waals surface area (Å²) in [5.41, 5.74) is -1.49. The first-order valence-electron chi connectivity index (χ1n) is 8.67. The van der Waals surface area contributed by atoms with Crippen molar-refractivity contribution in [1.29, 1.82) is 0 Å². The van der Waals surface area contributed by atoms with Crippen LogP contribution in [-0.4, -0.2) is 22.2 Å². The monoisotopic (exact) mass is 392 g/mol. The largest absolute Gasteiger partial charge is 0.478 e. The Labute approximate surface area is 166 Å². The molecule has 3 rings (SSSR count). The first-order chi connectivity index (χ1) is 13.9. The van der Waals surface area contributed by atoms with Gasteiger partial charge in [-0.05, 0) is 35.4 Å². The minimum atomic E-state index is -2.12. The Morgan fingerprint density at radius 1 is 0.897 bits per heavy atom. The van der Waals surface area contributed by atoms with E-state index in [1.165, 1.54) is 6.07 Å². The molecule has 0 bridgehead atoms. The summed E-state index contributed by atoms with van der Waals surface area (Å²) >= 11 is 0. The second-order valence-corrected chi connectivity index (χ2v) is 6.19. The number of aliphatic carboxylic acids is 1. The third-order valence-corrected chi connectivity index (χ3v) is 4.26. The highest BCUT2D eigenvalue weighted by Gasteiger charge is 2.42. The van der Waals surface area contributed by atoms with Gasteiger partial charge >= 0.3 is 11.9 Å². The zero-order valence-corrected chi connectivity index (χ0v) is 15.2. The third kappa shape index (κ3) is 4.39. The first-order valence-corrected chi connectivity index (χ1v) is 8.67. The van der Waals surface area contributed by atoms with Crippen LogP contribution in [0.25, 0.3) is 6.08 Å². The second-order valence-electron chi connectivity index (χ2n) is 6.19. The lowest BCUT2D eigenvalue weighted by Gasteiger charge is -2.27. The summed E-state index contributed by atoms with van der Waals surface area (Å²) in [5.74, 6) is -2.96. The van der Waals surface area contributed by atoms with E-state index in [1.807, 2.05) is 0 Å². The van der Waals surface area contributed by atoms with Crippen LogP contribution >= 0.6 is 0 Å². The lowest BCUT2D eigenvalue weighted by atomic mass is 9.86. The van der Waals surface area contributed by atoms with Crippen molar-refractivity contribution in [2.75, 3.05) is 0 Å². The van der Waals surface area contributed by atoms with Gasteiger partial charge in [0.05, 0.1) is 0 Å². The van der Waals surface area contributed by atoms with Crippen molar-refractivity contribution >= 4 is 18.0 Å². The lowest BCUT2D eigenvalue weighted by molar-refractivity contribution is -0.152. The number of carbonyl (C=O) groups excluding carboxylic acids is 1. The van der Waals surface area contributed by atoms with Crippen molar-refractivity contribution in [2.45, 2.75) is 5.60 Å². The van der Waals surface area contributed by atoms with Gasteiger partial charge in [-0.3, -0.25) is 0 Å². The number of carbonyl (C=O) groups is 2. The molecule has 0 fully saturated rings. The summed E-state index contributed by atoms with van der Waals surface area (Å²) in [6.07, 6.45) is 1.91. The molecule has 3 aromatic rings. The summed E-state index contributed by atoms with van der Waals surface area (Å²) in [6, 6.07) is 19.9. The van der Waals surface area contributed by atoms with E-state index in [4.69, 9.17) is 9.84 Å². The highest BCUT2D eigenvalue weighted by atomic mass is 19.1. The number of carboxylic acid groups (broad SMARTS) is 1. The van der Waals surface area contributed by atoms with Crippen LogP contribution < -0.4 is 4.74 Å². The molecule has 0 saturated carbocycles. The molecule has 146 valence electrons. The van der Waals surface area contributed by atoms with E-state index in [1.54, 1.807) is 60.7 Å². The number of aliphatic hydroxyl groups is 1. The van der Waals surface area contributed by atoms with Crippen LogP contribution in [0.4, 0.5) is 4.39 Å². The highest BCUT2D eigenvalue weighted by Crippen LogP contribution is 2.32. The fourth-order valence-electron chi connectivity index (χ4n) is 2.84. The molecule has 0 aliphatic heterocycles. The van der Waals surface area contributed by atoms with Crippen molar-refractivity contribution < 1.29 is 28.9 Å². The molecule has 0 amide bonds. The van der Waals surface area contributed by atoms with E-state index in [-0.39, 0.29) is 11.3 Å². The van der Waals surface area contributed by atoms with Crippen molar-refractivity contribution in [2.24, 2.45) is 0 Å². The van der Waals surface area contributed by atoms with Gasteiger partial charge in [-0.15, -0.1) is 0 Å². The van der Waals surface area contributed by atoms with Crippen molar-refractivity contribution in [3.05, 3.63) is 107 Å². The van der Waals surface area contributed by atoms with Gasteiger partial charge in [0.15, 0.2) is 0 Å². The summed E-state index contributed by atoms with van der Waals surface area (Å²) in [6.45, 7) is 0. The molecule has 6 heteroatoms. The van der Waals surface area contributed by atoms with E-state index < -0.39 is 23.4 Å². The zero-order valence-electron chi connectivity index (χ0n) is 15.2. The molecule has 0 aliphatic carbocycles. The van der Waals surface area contributed by atoms with Crippen molar-refractivity contribution in [1.82, 2.24) is 0 Å². The fourth-order valence-corrected chi connectivity index (χ4v) is 2.84. The van der Waals surface area contributed by atoms with Crippen LogP contribution in [0, 0.1) is 5.82 Å². The topological polar surface area (TPSA) is 83.8 Å². The molecule has 0 atom stereocenters. The molecule has 0 unspecified atom stereocenters. The van der Waals surface area contributed by atoms with Crippen LogP contribution in [0.15, 0.2) is 84.9 Å². The molecular formula is C23H17FO5. The highest BCUT2D eigenvalue weighted by molar-refractivity contribution is 5.89. The number of carboxylic acids is 1. The molecule has 0 saturated heterocycles. The van der Waals surface area contributed by atoms with E-state index >= 15 is 0 Å².